The van der Waals surface area contributed by atoms with E-state index in [0.29, 0.717) is 93.4 Å². The Morgan fingerprint density at radius 1 is 0.410 bits per heavy atom. The molecule has 0 saturated heterocycles. The summed E-state index contributed by atoms with van der Waals surface area (Å²) in [5.41, 5.74) is 8.33. The highest BCUT2D eigenvalue weighted by molar-refractivity contribution is 7.05. The molecule has 0 unspecified atom stereocenters. The summed E-state index contributed by atoms with van der Waals surface area (Å²) in [6.07, 6.45) is 13.9. The van der Waals surface area contributed by atoms with E-state index in [9.17, 15) is 0 Å². The van der Waals surface area contributed by atoms with Gasteiger partial charge in [0.25, 0.3) is 0 Å². The van der Waals surface area contributed by atoms with Gasteiger partial charge in [0, 0.05) is 77.3 Å². The quantitative estimate of drug-likeness (QED) is 0.116. The Morgan fingerprint density at radius 2 is 0.991 bits per heavy atom. The van der Waals surface area contributed by atoms with Gasteiger partial charge in [-0.05, 0) is 90.2 Å². The van der Waals surface area contributed by atoms with Crippen molar-refractivity contribution in [1.29, 1.82) is 47.4 Å². The highest BCUT2D eigenvalue weighted by Gasteiger charge is 2.14. The number of rotatable bonds is 11. The molecule has 11 rings (SSSR count). The monoisotopic (exact) mass is 1610 g/mol. The van der Waals surface area contributed by atoms with Gasteiger partial charge >= 0.3 is 5.89 Å². The Labute approximate surface area is 695 Å². The predicted molar refractivity (Wildman–Crippen MR) is 444 cm³/mol. The van der Waals surface area contributed by atoms with Crippen LogP contribution in [0.25, 0.3) is 0 Å². The zero-order valence-corrected chi connectivity index (χ0v) is 69.3. The summed E-state index contributed by atoms with van der Waals surface area (Å²) in [6.45, 7) is 48.2. The molecule has 0 saturated carbocycles. The van der Waals surface area contributed by atoms with Crippen molar-refractivity contribution >= 4 is 11.5 Å². The Bertz CT molecular complexity index is 4630. The normalized spacial score (nSPS) is 9.52. The van der Waals surface area contributed by atoms with Crippen LogP contribution in [0.2, 0.25) is 0 Å². The third kappa shape index (κ3) is 41.6. The van der Waals surface area contributed by atoms with Crippen molar-refractivity contribution in [1.82, 2.24) is 89.9 Å². The van der Waals surface area contributed by atoms with Crippen LogP contribution in [0.15, 0.2) is 109 Å². The van der Waals surface area contributed by atoms with Gasteiger partial charge in [0.05, 0.1) is 17.6 Å². The van der Waals surface area contributed by atoms with Gasteiger partial charge in [-0.15, -0.1) is 10.2 Å². The first-order valence-electron chi connectivity index (χ1n) is 35.7. The van der Waals surface area contributed by atoms with E-state index in [-0.39, 0.29) is 70.8 Å². The predicted octanol–water partition coefficient (Wildman–Crippen LogP) is 20.1. The minimum Gasteiger partial charge on any atom is -0.448 e. The number of nitriles is 9. The molecule has 32 nitrogen and oxygen atoms in total. The number of pyridine rings is 1. The minimum absolute atomic E-state index is 0. The lowest BCUT2D eigenvalue weighted by Gasteiger charge is -2.04. The van der Waals surface area contributed by atoms with Crippen LogP contribution in [0, 0.1) is 116 Å². The molecule has 11 aromatic rings. The molecule has 0 aliphatic heterocycles. The van der Waals surface area contributed by atoms with E-state index in [1.807, 2.05) is 191 Å². The number of hydrogen-bond donors (Lipinski definition) is 0. The Morgan fingerprint density at radius 3 is 1.38 bits per heavy atom. The summed E-state index contributed by atoms with van der Waals surface area (Å²) in [7, 11) is 0. The van der Waals surface area contributed by atoms with Crippen molar-refractivity contribution in [3.63, 3.8) is 0 Å². The van der Waals surface area contributed by atoms with Gasteiger partial charge in [0.1, 0.15) is 101 Å². The van der Waals surface area contributed by atoms with Crippen LogP contribution in [-0.4, -0.2) is 89.9 Å². The lowest BCUT2D eigenvalue weighted by Crippen LogP contribution is -2.00. The Kier molecular flexibility index (Phi) is 56.3. The highest BCUT2D eigenvalue weighted by Crippen LogP contribution is 2.22. The van der Waals surface area contributed by atoms with Gasteiger partial charge < -0.3 is 22.3 Å². The summed E-state index contributed by atoms with van der Waals surface area (Å²) in [4.78, 5) is 43.0. The van der Waals surface area contributed by atoms with Crippen LogP contribution in [0.1, 0.15) is 372 Å². The van der Waals surface area contributed by atoms with E-state index in [1.54, 1.807) is 49.4 Å². The second-order valence-corrected chi connectivity index (χ2v) is 27.8. The van der Waals surface area contributed by atoms with E-state index in [1.165, 1.54) is 30.6 Å². The van der Waals surface area contributed by atoms with Crippen LogP contribution in [0.5, 0.6) is 0 Å². The molecule has 620 valence electrons. The molecule has 0 amide bonds. The van der Waals surface area contributed by atoms with Gasteiger partial charge in [0.15, 0.2) is 29.7 Å². The second-order valence-electron chi connectivity index (χ2n) is 27.0. The third-order valence-corrected chi connectivity index (χ3v) is 15.2. The fraction of sp³-hybridized carbons (Fsp3) is 0.464. The van der Waals surface area contributed by atoms with E-state index >= 15 is 0 Å². The maximum Gasteiger partial charge on any atom is 0.321 e. The van der Waals surface area contributed by atoms with Crippen molar-refractivity contribution in [3.8, 4) is 54.6 Å². The van der Waals surface area contributed by atoms with Crippen LogP contribution in [0.4, 0.5) is 0 Å². The zero-order chi connectivity index (χ0) is 85.3. The first-order valence-corrected chi connectivity index (χ1v) is 36.5. The Balaban J connectivity index is -0.000000599. The second kappa shape index (κ2) is 60.0. The van der Waals surface area contributed by atoms with Crippen molar-refractivity contribution in [2.24, 2.45) is 0 Å². The first kappa shape index (κ1) is 110. The molecule has 33 heteroatoms. The lowest BCUT2D eigenvalue weighted by molar-refractivity contribution is 0.399. The van der Waals surface area contributed by atoms with E-state index in [2.05, 4.69) is 147 Å². The molecule has 11 heterocycles. The van der Waals surface area contributed by atoms with E-state index < -0.39 is 0 Å². The van der Waals surface area contributed by atoms with Gasteiger partial charge in [-0.2, -0.15) is 56.8 Å². The van der Waals surface area contributed by atoms with Crippen molar-refractivity contribution < 1.29 is 22.3 Å². The maximum atomic E-state index is 8.65. The van der Waals surface area contributed by atoms with Gasteiger partial charge in [-0.25, -0.2) is 54.8 Å². The largest absolute Gasteiger partial charge is 0.448 e. The van der Waals surface area contributed by atoms with Crippen molar-refractivity contribution in [2.45, 2.75) is 261 Å². The van der Waals surface area contributed by atoms with Crippen molar-refractivity contribution in [2.75, 3.05) is 0 Å². The summed E-state index contributed by atoms with van der Waals surface area (Å²) < 4.78 is 28.4. The van der Waals surface area contributed by atoms with Crippen LogP contribution < -0.4 is 0 Å². The third-order valence-electron chi connectivity index (χ3n) is 14.1. The number of aromatic nitrogens is 18. The average molecular weight is 1610 g/mol. The number of aryl methyl sites for hydroxylation is 2. The molecule has 0 aliphatic rings. The van der Waals surface area contributed by atoms with Gasteiger partial charge in [-0.1, -0.05) is 204 Å². The molecule has 0 radical (unpaired) electrons. The van der Waals surface area contributed by atoms with E-state index in [0.717, 1.165) is 56.1 Å². The first-order chi connectivity index (χ1) is 53.6. The summed E-state index contributed by atoms with van der Waals surface area (Å²) in [6, 6.07) is 26.5. The molecule has 11 aromatic heterocycles. The summed E-state index contributed by atoms with van der Waals surface area (Å²) in [5, 5.41) is 99.2. The van der Waals surface area contributed by atoms with Gasteiger partial charge in [-0.3, -0.25) is 0 Å². The fourth-order valence-electron chi connectivity index (χ4n) is 7.92. The maximum absolute atomic E-state index is 8.65. The number of oxazole rings is 2. The summed E-state index contributed by atoms with van der Waals surface area (Å²) >= 11 is 1.50. The average Bonchev–Trinajstić information content (AvgIpc) is 1.50. The number of hydrogen-bond acceptors (Lipinski definition) is 33. The molecule has 0 spiro atoms. The van der Waals surface area contributed by atoms with Crippen LogP contribution >= 0.6 is 11.5 Å². The molecule has 0 fully saturated rings. The van der Waals surface area contributed by atoms with Crippen molar-refractivity contribution in [3.05, 3.63) is 212 Å². The molecule has 0 N–H and O–H groups in total. The Hall–Kier alpha value is -13.6. The highest BCUT2D eigenvalue weighted by atomic mass is 32.1. The SMILES string of the molecule is C.C.C.C.CC(C)c1cc(C#N)on1.CC(C)c1cccnc1C#N.CC(C)c1ccnc(C#N)n1.CC(C)c1ccnnc1C#N.CC(C)c1cncnc1C#N.CC(C)c1cnoc1C#N.CC(C)c1ncnc(C#N)n1.CC(C)c1nnc(C#N)o1.CC(C)c1ocnc1C#N.Cc1coc(C(C)C)n1.Cc1nsc(C(C)C)n1. The van der Waals surface area contributed by atoms with Crippen LogP contribution in [-0.2, 0) is 0 Å². The topological polar surface area (TPSA) is 512 Å². The number of nitrogens with zero attached hydrogens (tertiary/aromatic N) is 27. The summed E-state index contributed by atoms with van der Waals surface area (Å²) in [5.74, 6) is 8.22. The van der Waals surface area contributed by atoms with Crippen LogP contribution in [0.3, 0.4) is 0 Å². The fourth-order valence-corrected chi connectivity index (χ4v) is 8.57. The lowest BCUT2D eigenvalue weighted by atomic mass is 10.0. The van der Waals surface area contributed by atoms with Gasteiger partial charge in [0.2, 0.25) is 29.1 Å². The standard InChI is InChI=1S/C9H10N2.3C8H9N3.C7H8N4.3C7H8N2O.C7H11NO.C6H7N3O.C6H10N2S.4CH4/c1-7(2)8-4-3-5-11-9(8)6-10;1-6(2)7-4-10-5-11-8(7)3-9;1-6(2)7-3-4-10-8(5-9)11-7;1-6(2)7-3-4-10-11-8(7)5-9;1-5(2)7-10-4-9-6(3-8)11-7;1-5(2)6-4-9-10-7(6)3-8;1-5(2)7-6(3-8)9-4-10-7;1-5(2)7-3-6(4-8)10-9-7;1-5(2)7-8-6(3)4-9-7;1-4(2)6-9-8-5(3-7)10-6;1-4(2)6-7-5(3)8-9-6;;;;/h3-5,7H,1-2H3;4-6H,1-2H3;2*3-4,6H,1-2H3;4-5H,1-2H3;2*4-5H,1-2H3;3,5H,1-2H3;4-5H,1-3H3;4H,1-2H3;4H,1-3H3;4*1H4. The zero-order valence-electron chi connectivity index (χ0n) is 68.5. The minimum atomic E-state index is 0. The smallest absolute Gasteiger partial charge is 0.321 e. The molecule has 0 aliphatic carbocycles. The molecule has 0 atom stereocenters. The molecule has 117 heavy (non-hydrogen) atoms. The molecule has 0 aromatic carbocycles. The molecular formula is C84H113N27O5S. The molecule has 0 bridgehead atoms. The van der Waals surface area contributed by atoms with E-state index in [4.69, 9.17) is 60.6 Å². The molecular weight excluding hydrogens is 1500 g/mol.